The number of aliphatic hydroxyl groups is 1. The molecule has 2 heterocycles. The third-order valence-corrected chi connectivity index (χ3v) is 7.12. The molecule has 1 atom stereocenters. The zero-order valence-corrected chi connectivity index (χ0v) is 24.6. The molecule has 0 saturated carbocycles. The molecule has 0 bridgehead atoms. The van der Waals surface area contributed by atoms with Crippen LogP contribution in [0.2, 0.25) is 0 Å². The third kappa shape index (κ3) is 7.09. The first-order valence-corrected chi connectivity index (χ1v) is 14.2. The van der Waals surface area contributed by atoms with E-state index in [9.17, 15) is 20.3 Å². The molecule has 1 amide bonds. The number of hydroxylamine groups is 2. The van der Waals surface area contributed by atoms with Crippen LogP contribution in [0.4, 0.5) is 17.1 Å². The Morgan fingerprint density at radius 2 is 1.93 bits per heavy atom. The summed E-state index contributed by atoms with van der Waals surface area (Å²) in [4.78, 5) is 17.9. The molecule has 2 aromatic carbocycles. The van der Waals surface area contributed by atoms with Crippen LogP contribution in [0.15, 0.2) is 64.4 Å². The lowest BCUT2D eigenvalue weighted by Gasteiger charge is -2.37. The van der Waals surface area contributed by atoms with Gasteiger partial charge in [-0.1, -0.05) is 29.8 Å². The van der Waals surface area contributed by atoms with Crippen molar-refractivity contribution in [2.24, 2.45) is 4.99 Å². The van der Waals surface area contributed by atoms with E-state index in [1.54, 1.807) is 55.2 Å². The van der Waals surface area contributed by atoms with Gasteiger partial charge in [-0.3, -0.25) is 4.79 Å². The number of fused-ring (bicyclic) bond motifs is 1. The molecule has 4 rings (SSSR count). The molecule has 2 aromatic rings. The Morgan fingerprint density at radius 3 is 2.63 bits per heavy atom. The Kier molecular flexibility index (Phi) is 9.72. The first kappa shape index (κ1) is 30.5. The smallest absolute Gasteiger partial charge is 0.254 e. The van der Waals surface area contributed by atoms with E-state index < -0.39 is 10.9 Å². The number of rotatable bonds is 9. The van der Waals surface area contributed by atoms with Crippen LogP contribution in [-0.4, -0.2) is 52.3 Å². The monoisotopic (exact) mass is 583 g/mol. The lowest BCUT2D eigenvalue weighted by Crippen LogP contribution is -2.46. The quantitative estimate of drug-likeness (QED) is 0.207. The highest BCUT2D eigenvalue weighted by Crippen LogP contribution is 2.36. The lowest BCUT2D eigenvalue weighted by atomic mass is 10.1. The molecule has 41 heavy (non-hydrogen) atoms. The number of carbonyl (C=O) groups is 1. The molecule has 11 heteroatoms. The number of allylic oxidation sites excluding steroid dienone is 3. The van der Waals surface area contributed by atoms with Crippen LogP contribution < -0.4 is 20.2 Å². The summed E-state index contributed by atoms with van der Waals surface area (Å²) in [5.41, 5.74) is 2.47. The summed E-state index contributed by atoms with van der Waals surface area (Å²) in [5.74, 6) is 1.30. The van der Waals surface area contributed by atoms with Crippen molar-refractivity contribution in [2.75, 3.05) is 23.8 Å². The minimum atomic E-state index is -1.56. The van der Waals surface area contributed by atoms with E-state index in [1.807, 2.05) is 26.0 Å². The summed E-state index contributed by atoms with van der Waals surface area (Å²) < 4.78 is 6.12. The maximum atomic E-state index is 13.0. The van der Waals surface area contributed by atoms with Crippen molar-refractivity contribution in [3.05, 3.63) is 75.7 Å². The SMILES string of the molecule is CC(C)Oc1cc2c(cc1NC1=N/C(Nc3ccccc3[N+]([O-])(O)C(C)C)=C(/Cl)C=CCCC1)C(=O)N(CCO)C2. The van der Waals surface area contributed by atoms with Gasteiger partial charge >= 0.3 is 0 Å². The van der Waals surface area contributed by atoms with Crippen LogP contribution >= 0.6 is 11.6 Å². The standard InChI is InChI=1S/C30H38ClN5O5/c1-19(2)36(39,40)26-12-9-8-11-24(26)33-29-23(31)10-6-5-7-13-28(34-29)32-25-17-22-21(16-27(25)41-20(3)4)18-35(14-15-37)30(22)38/h6,8-12,16-17,19-20,33,37,39H,5,7,13-15,18H2,1-4H3,(H,32,34)/b10-6?,29-23+. The number of halogens is 1. The van der Waals surface area contributed by atoms with E-state index in [2.05, 4.69) is 10.6 Å². The molecule has 10 nitrogen and oxygen atoms in total. The molecule has 0 aromatic heterocycles. The van der Waals surface area contributed by atoms with E-state index in [0.717, 1.165) is 18.4 Å². The maximum Gasteiger partial charge on any atom is 0.254 e. The summed E-state index contributed by atoms with van der Waals surface area (Å²) >= 11 is 6.68. The number of benzene rings is 2. The van der Waals surface area contributed by atoms with Crippen molar-refractivity contribution >= 4 is 40.4 Å². The van der Waals surface area contributed by atoms with Crippen molar-refractivity contribution in [1.82, 2.24) is 9.71 Å². The molecule has 2 aliphatic heterocycles. The number of β-amino-alcohol motifs (C(OH)–C–C–N with tert-alkyl or cyclic N) is 1. The molecule has 0 saturated heterocycles. The predicted molar refractivity (Wildman–Crippen MR) is 163 cm³/mol. The zero-order valence-electron chi connectivity index (χ0n) is 23.9. The number of amides is 1. The minimum Gasteiger partial charge on any atom is -0.593 e. The van der Waals surface area contributed by atoms with Gasteiger partial charge in [-0.15, -0.1) is 0 Å². The minimum absolute atomic E-state index is 0.112. The summed E-state index contributed by atoms with van der Waals surface area (Å²) in [6, 6.07) is 9.69. The van der Waals surface area contributed by atoms with Gasteiger partial charge in [0.1, 0.15) is 23.3 Å². The molecule has 1 unspecified atom stereocenters. The van der Waals surface area contributed by atoms with E-state index in [4.69, 9.17) is 21.3 Å². The van der Waals surface area contributed by atoms with Crippen molar-refractivity contribution in [2.45, 2.75) is 65.6 Å². The van der Waals surface area contributed by atoms with Crippen molar-refractivity contribution in [3.8, 4) is 5.75 Å². The normalized spacial score (nSPS) is 18.9. The number of carbonyl (C=O) groups excluding carboxylic acids is 1. The number of anilines is 2. The third-order valence-electron chi connectivity index (χ3n) is 6.82. The topological polar surface area (TPSA) is 129 Å². The first-order chi connectivity index (χ1) is 19.5. The Labute approximate surface area is 245 Å². The van der Waals surface area contributed by atoms with Crippen LogP contribution in [0.5, 0.6) is 5.75 Å². The Morgan fingerprint density at radius 1 is 1.17 bits per heavy atom. The van der Waals surface area contributed by atoms with E-state index in [0.29, 0.717) is 52.3 Å². The number of hydrogen-bond donors (Lipinski definition) is 4. The fraction of sp³-hybridized carbons (Fsp3) is 0.400. The number of ether oxygens (including phenoxy) is 1. The highest BCUT2D eigenvalue weighted by molar-refractivity contribution is 6.31. The fourth-order valence-corrected chi connectivity index (χ4v) is 4.82. The van der Waals surface area contributed by atoms with Crippen molar-refractivity contribution < 1.29 is 19.8 Å². The average Bonchev–Trinajstić information content (AvgIpc) is 3.24. The molecular weight excluding hydrogens is 546 g/mol. The van der Waals surface area contributed by atoms with Gasteiger partial charge in [-0.2, -0.15) is 4.81 Å². The van der Waals surface area contributed by atoms with Crippen molar-refractivity contribution in [1.29, 1.82) is 0 Å². The number of nitrogens with one attached hydrogen (secondary N) is 2. The summed E-state index contributed by atoms with van der Waals surface area (Å²) in [5, 5.41) is 39.9. The number of nitrogens with zero attached hydrogens (tertiary/aromatic N) is 3. The van der Waals surface area contributed by atoms with Crippen LogP contribution in [0, 0.1) is 5.21 Å². The van der Waals surface area contributed by atoms with Gasteiger partial charge in [0.15, 0.2) is 11.5 Å². The number of hydrogen-bond acceptors (Lipinski definition) is 8. The molecule has 0 spiro atoms. The summed E-state index contributed by atoms with van der Waals surface area (Å²) in [7, 11) is 0. The van der Waals surface area contributed by atoms with Gasteiger partial charge in [0, 0.05) is 31.1 Å². The highest BCUT2D eigenvalue weighted by Gasteiger charge is 2.30. The van der Waals surface area contributed by atoms with E-state index in [1.165, 1.54) is 0 Å². The van der Waals surface area contributed by atoms with Gasteiger partial charge in [0.05, 0.1) is 23.4 Å². The number of amidine groups is 1. The summed E-state index contributed by atoms with van der Waals surface area (Å²) in [6.45, 7) is 7.68. The van der Waals surface area contributed by atoms with Gasteiger partial charge in [-0.25, -0.2) is 10.2 Å². The van der Waals surface area contributed by atoms with E-state index >= 15 is 0 Å². The second kappa shape index (κ2) is 13.1. The van der Waals surface area contributed by atoms with Crippen LogP contribution in [0.1, 0.15) is 62.9 Å². The molecule has 2 aliphatic rings. The van der Waals surface area contributed by atoms with Crippen LogP contribution in [0.3, 0.4) is 0 Å². The lowest BCUT2D eigenvalue weighted by molar-refractivity contribution is -0.0572. The van der Waals surface area contributed by atoms with Gasteiger partial charge in [0.2, 0.25) is 0 Å². The molecule has 0 aliphatic carbocycles. The fourth-order valence-electron chi connectivity index (χ4n) is 4.65. The van der Waals surface area contributed by atoms with Crippen LogP contribution in [-0.2, 0) is 6.54 Å². The Hall–Kier alpha value is -3.41. The average molecular weight is 584 g/mol. The van der Waals surface area contributed by atoms with E-state index in [-0.39, 0.29) is 30.9 Å². The number of aliphatic imine (C=N–C) groups is 1. The molecule has 4 N–H and O–H groups in total. The first-order valence-electron chi connectivity index (χ1n) is 13.8. The molecule has 0 fully saturated rings. The van der Waals surface area contributed by atoms with Gasteiger partial charge in [0.25, 0.3) is 5.91 Å². The van der Waals surface area contributed by atoms with Crippen LogP contribution in [0.25, 0.3) is 0 Å². The largest absolute Gasteiger partial charge is 0.593 e. The van der Waals surface area contributed by atoms with Crippen molar-refractivity contribution in [3.63, 3.8) is 0 Å². The van der Waals surface area contributed by atoms with Gasteiger partial charge in [-0.05, 0) is 70.4 Å². The second-order valence-electron chi connectivity index (χ2n) is 10.7. The molecular formula is C30H38ClN5O5. The zero-order chi connectivity index (χ0) is 29.7. The Bertz CT molecular complexity index is 1370. The molecule has 0 radical (unpaired) electrons. The number of para-hydroxylation sites is 2. The Balaban J connectivity index is 1.73. The molecule has 220 valence electrons. The number of aliphatic hydroxyl groups excluding tert-OH is 1. The predicted octanol–water partition coefficient (Wildman–Crippen LogP) is 6.10. The summed E-state index contributed by atoms with van der Waals surface area (Å²) in [6.07, 6.45) is 5.72. The maximum absolute atomic E-state index is 13.0. The number of quaternary nitrogens is 1. The van der Waals surface area contributed by atoms with Gasteiger partial charge < -0.3 is 30.6 Å². The second-order valence-corrected chi connectivity index (χ2v) is 11.1. The highest BCUT2D eigenvalue weighted by atomic mass is 35.5.